The quantitative estimate of drug-likeness (QED) is 0.709. The average Bonchev–Trinajstić information content (AvgIpc) is 2.81. The molecule has 0 unspecified atom stereocenters. The average molecular weight is 278 g/mol. The molecular weight excluding hydrogens is 260 g/mol. The van der Waals surface area contributed by atoms with Crippen LogP contribution in [-0.2, 0) is 6.54 Å². The maximum atomic E-state index is 10.9. The molecule has 2 aromatic rings. The van der Waals surface area contributed by atoms with Crippen molar-refractivity contribution in [3.8, 4) is 0 Å². The molecule has 108 valence electrons. The molecular formula is C11H18N8O. The molecule has 0 atom stereocenters. The zero-order chi connectivity index (χ0) is 14.7. The Bertz CT molecular complexity index is 603. The Labute approximate surface area is 115 Å². The van der Waals surface area contributed by atoms with E-state index in [-0.39, 0.29) is 11.6 Å². The Hall–Kier alpha value is -2.45. The summed E-state index contributed by atoms with van der Waals surface area (Å²) in [5, 5.41) is 9.13. The van der Waals surface area contributed by atoms with E-state index in [1.165, 1.54) is 0 Å². The maximum Gasteiger partial charge on any atom is 0.340 e. The number of rotatable bonds is 5. The third-order valence-electron chi connectivity index (χ3n) is 2.52. The van der Waals surface area contributed by atoms with E-state index in [4.69, 9.17) is 0 Å². The molecule has 2 rings (SSSR count). The van der Waals surface area contributed by atoms with E-state index in [0.717, 1.165) is 0 Å². The van der Waals surface area contributed by atoms with Crippen molar-refractivity contribution in [2.75, 3.05) is 24.3 Å². The molecule has 0 aliphatic heterocycles. The second kappa shape index (κ2) is 5.68. The first-order chi connectivity index (χ1) is 9.45. The van der Waals surface area contributed by atoms with Gasteiger partial charge in [0.15, 0.2) is 0 Å². The van der Waals surface area contributed by atoms with E-state index in [1.54, 1.807) is 0 Å². The van der Waals surface area contributed by atoms with Crippen LogP contribution in [-0.4, -0.2) is 44.2 Å². The minimum absolute atomic E-state index is 0.197. The van der Waals surface area contributed by atoms with Gasteiger partial charge in [0.05, 0.1) is 6.54 Å². The number of aromatic amines is 2. The third-order valence-corrected chi connectivity index (χ3v) is 2.52. The highest BCUT2D eigenvalue weighted by Gasteiger charge is 2.11. The van der Waals surface area contributed by atoms with Crippen LogP contribution in [0.1, 0.15) is 31.4 Å². The van der Waals surface area contributed by atoms with Crippen molar-refractivity contribution in [3.05, 3.63) is 22.1 Å². The summed E-state index contributed by atoms with van der Waals surface area (Å²) in [6.07, 6.45) is 0. The second-order valence-electron chi connectivity index (χ2n) is 4.84. The van der Waals surface area contributed by atoms with E-state index in [0.29, 0.717) is 30.1 Å². The molecule has 20 heavy (non-hydrogen) atoms. The lowest BCUT2D eigenvalue weighted by Gasteiger charge is -2.14. The minimum atomic E-state index is -0.339. The summed E-state index contributed by atoms with van der Waals surface area (Å²) in [6.45, 7) is 4.36. The Balaban J connectivity index is 2.19. The molecule has 2 heterocycles. The highest BCUT2D eigenvalue weighted by Crippen LogP contribution is 2.15. The number of nitrogens with one attached hydrogen (secondary N) is 3. The molecule has 0 spiro atoms. The summed E-state index contributed by atoms with van der Waals surface area (Å²) in [7, 11) is 3.74. The van der Waals surface area contributed by atoms with Crippen LogP contribution in [0.5, 0.6) is 0 Å². The summed E-state index contributed by atoms with van der Waals surface area (Å²) in [5.74, 6) is 2.44. The number of nitrogens with zero attached hydrogens (tertiary/aromatic N) is 5. The Morgan fingerprint density at radius 2 is 2.00 bits per heavy atom. The van der Waals surface area contributed by atoms with Gasteiger partial charge in [-0.2, -0.15) is 20.1 Å². The number of H-pyrrole nitrogens is 2. The van der Waals surface area contributed by atoms with Crippen molar-refractivity contribution in [3.63, 3.8) is 0 Å². The van der Waals surface area contributed by atoms with Crippen molar-refractivity contribution >= 4 is 11.9 Å². The van der Waals surface area contributed by atoms with Gasteiger partial charge in [-0.15, -0.1) is 0 Å². The molecule has 0 saturated carbocycles. The first-order valence-electron chi connectivity index (χ1n) is 6.26. The largest absolute Gasteiger partial charge is 0.347 e. The van der Waals surface area contributed by atoms with Crippen LogP contribution < -0.4 is 15.9 Å². The zero-order valence-electron chi connectivity index (χ0n) is 11.9. The van der Waals surface area contributed by atoms with Crippen molar-refractivity contribution in [2.45, 2.75) is 26.3 Å². The molecule has 0 fully saturated rings. The molecule has 0 aliphatic rings. The monoisotopic (exact) mass is 278 g/mol. The molecule has 0 saturated heterocycles. The van der Waals surface area contributed by atoms with Crippen LogP contribution in [0.3, 0.4) is 0 Å². The molecule has 0 amide bonds. The maximum absolute atomic E-state index is 10.9. The number of hydrogen-bond donors (Lipinski definition) is 3. The van der Waals surface area contributed by atoms with E-state index >= 15 is 0 Å². The van der Waals surface area contributed by atoms with Gasteiger partial charge < -0.3 is 10.2 Å². The standard InChI is InChI=1S/C11H18N8O/c1-6(2)8-14-9(16-10(15-8)19(3)4)12-5-7-13-11(20)18-17-7/h6H,5H2,1-4H3,(H,12,14,15,16)(H2,13,17,18,20). The summed E-state index contributed by atoms with van der Waals surface area (Å²) >= 11 is 0. The smallest absolute Gasteiger partial charge is 0.340 e. The van der Waals surface area contributed by atoms with Crippen LogP contribution >= 0.6 is 0 Å². The lowest BCUT2D eigenvalue weighted by molar-refractivity contribution is 0.753. The fourth-order valence-electron chi connectivity index (χ4n) is 1.47. The van der Waals surface area contributed by atoms with E-state index in [2.05, 4.69) is 35.5 Å². The molecule has 3 N–H and O–H groups in total. The SMILES string of the molecule is CC(C)c1nc(NCc2n[nH]c(=O)[nH]2)nc(N(C)C)n1. The summed E-state index contributed by atoms with van der Waals surface area (Å²) < 4.78 is 0. The van der Waals surface area contributed by atoms with Crippen LogP contribution in [0.25, 0.3) is 0 Å². The van der Waals surface area contributed by atoms with Crippen LogP contribution in [0.4, 0.5) is 11.9 Å². The Morgan fingerprint density at radius 3 is 2.55 bits per heavy atom. The predicted octanol–water partition coefficient (Wildman–Crippen LogP) is 0.0845. The van der Waals surface area contributed by atoms with Gasteiger partial charge >= 0.3 is 5.69 Å². The van der Waals surface area contributed by atoms with E-state index in [9.17, 15) is 4.79 Å². The fourth-order valence-corrected chi connectivity index (χ4v) is 1.47. The van der Waals surface area contributed by atoms with Crippen molar-refractivity contribution in [1.29, 1.82) is 0 Å². The number of anilines is 2. The molecule has 2 aromatic heterocycles. The van der Waals surface area contributed by atoms with Gasteiger partial charge in [-0.3, -0.25) is 4.98 Å². The van der Waals surface area contributed by atoms with Gasteiger partial charge in [0.1, 0.15) is 11.6 Å². The summed E-state index contributed by atoms with van der Waals surface area (Å²) in [6, 6.07) is 0. The minimum Gasteiger partial charge on any atom is -0.347 e. The lowest BCUT2D eigenvalue weighted by Crippen LogP contribution is -2.17. The Morgan fingerprint density at radius 1 is 1.25 bits per heavy atom. The summed E-state index contributed by atoms with van der Waals surface area (Å²) in [4.78, 5) is 28.3. The first-order valence-corrected chi connectivity index (χ1v) is 6.26. The van der Waals surface area contributed by atoms with Crippen LogP contribution in [0.2, 0.25) is 0 Å². The Kier molecular flexibility index (Phi) is 3.97. The second-order valence-corrected chi connectivity index (χ2v) is 4.84. The number of hydrogen-bond acceptors (Lipinski definition) is 7. The topological polar surface area (TPSA) is 115 Å². The predicted molar refractivity (Wildman–Crippen MR) is 74.8 cm³/mol. The molecule has 0 aliphatic carbocycles. The molecule has 9 heteroatoms. The lowest BCUT2D eigenvalue weighted by atomic mass is 10.2. The van der Waals surface area contributed by atoms with Crippen molar-refractivity contribution < 1.29 is 0 Å². The van der Waals surface area contributed by atoms with E-state index < -0.39 is 0 Å². The van der Waals surface area contributed by atoms with Gasteiger partial charge in [-0.1, -0.05) is 13.8 Å². The molecule has 0 aromatic carbocycles. The van der Waals surface area contributed by atoms with Gasteiger partial charge in [0.2, 0.25) is 11.9 Å². The highest BCUT2D eigenvalue weighted by molar-refractivity contribution is 5.36. The van der Waals surface area contributed by atoms with Crippen molar-refractivity contribution in [2.24, 2.45) is 0 Å². The number of aromatic nitrogens is 6. The van der Waals surface area contributed by atoms with Gasteiger partial charge in [0, 0.05) is 20.0 Å². The summed E-state index contributed by atoms with van der Waals surface area (Å²) in [5.41, 5.74) is -0.339. The first kappa shape index (κ1) is 14.0. The molecule has 0 radical (unpaired) electrons. The zero-order valence-corrected chi connectivity index (χ0v) is 11.9. The molecule has 9 nitrogen and oxygen atoms in total. The van der Waals surface area contributed by atoms with Crippen LogP contribution in [0.15, 0.2) is 4.79 Å². The molecule has 0 bridgehead atoms. The fraction of sp³-hybridized carbons (Fsp3) is 0.545. The normalized spacial score (nSPS) is 10.8. The van der Waals surface area contributed by atoms with E-state index in [1.807, 2.05) is 32.8 Å². The van der Waals surface area contributed by atoms with Gasteiger partial charge in [-0.25, -0.2) is 9.89 Å². The van der Waals surface area contributed by atoms with Crippen LogP contribution in [0, 0.1) is 0 Å². The van der Waals surface area contributed by atoms with Gasteiger partial charge in [0.25, 0.3) is 0 Å². The van der Waals surface area contributed by atoms with Gasteiger partial charge in [-0.05, 0) is 0 Å². The van der Waals surface area contributed by atoms with Crippen molar-refractivity contribution in [1.82, 2.24) is 30.1 Å². The highest BCUT2D eigenvalue weighted by atomic mass is 16.1. The third kappa shape index (κ3) is 3.31.